The van der Waals surface area contributed by atoms with Crippen LogP contribution in [0.3, 0.4) is 0 Å². The summed E-state index contributed by atoms with van der Waals surface area (Å²) < 4.78 is 25.8. The molecular weight excluding hydrogens is 722 g/mol. The van der Waals surface area contributed by atoms with Gasteiger partial charge < -0.3 is 34.4 Å². The Morgan fingerprint density at radius 3 is 2.63 bits per heavy atom. The molecule has 4 heterocycles. The van der Waals surface area contributed by atoms with Gasteiger partial charge >= 0.3 is 5.97 Å². The molecule has 0 radical (unpaired) electrons. The summed E-state index contributed by atoms with van der Waals surface area (Å²) in [6, 6.07) is 3.61. The quantitative estimate of drug-likeness (QED) is 0.257. The third kappa shape index (κ3) is 9.17. The van der Waals surface area contributed by atoms with Gasteiger partial charge in [-0.2, -0.15) is 4.37 Å². The van der Waals surface area contributed by atoms with Crippen molar-refractivity contribution < 1.29 is 33.7 Å². The van der Waals surface area contributed by atoms with Gasteiger partial charge in [-0.1, -0.05) is 0 Å². The Bertz CT molecular complexity index is 1680. The van der Waals surface area contributed by atoms with Crippen LogP contribution in [0.15, 0.2) is 34.0 Å². The van der Waals surface area contributed by atoms with Crippen LogP contribution >= 0.6 is 27.7 Å². The Morgan fingerprint density at radius 1 is 1.12 bits per heavy atom. The number of amides is 2. The maximum atomic E-state index is 13.3. The number of benzene rings is 1. The maximum Gasteiger partial charge on any atom is 0.307 e. The third-order valence-corrected chi connectivity index (χ3v) is 9.11. The van der Waals surface area contributed by atoms with Crippen LogP contribution in [0.25, 0.3) is 11.0 Å². The molecule has 0 aliphatic carbocycles. The maximum absolute atomic E-state index is 13.3. The minimum Gasteiger partial charge on any atom is -0.472 e. The molecule has 5 rings (SSSR count). The van der Waals surface area contributed by atoms with Crippen molar-refractivity contribution in [3.05, 3.63) is 29.0 Å². The fraction of sp³-hybridized carbons (Fsp3) is 0.548. The van der Waals surface area contributed by atoms with Gasteiger partial charge in [-0.15, -0.1) is 4.37 Å². The molecule has 1 aromatic carbocycles. The zero-order valence-corrected chi connectivity index (χ0v) is 30.2. The van der Waals surface area contributed by atoms with Crippen molar-refractivity contribution in [3.8, 4) is 5.88 Å². The van der Waals surface area contributed by atoms with Crippen LogP contribution in [0.5, 0.6) is 5.88 Å². The monoisotopic (exact) mass is 761 g/mol. The lowest BCUT2D eigenvalue weighted by atomic mass is 10.0. The molecule has 2 N–H and O–H groups in total. The molecule has 2 aliphatic heterocycles. The molecule has 2 aliphatic rings. The number of aliphatic hydroxyl groups excluding tert-OH is 1. The Kier molecular flexibility index (Phi) is 12.0. The highest BCUT2D eigenvalue weighted by atomic mass is 79.9. The zero-order valence-electron chi connectivity index (χ0n) is 27.8. The number of hydrogen-bond donors (Lipinski definition) is 2. The van der Waals surface area contributed by atoms with Crippen LogP contribution in [0.4, 0.5) is 11.5 Å². The normalized spacial score (nSPS) is 16.2. The van der Waals surface area contributed by atoms with Crippen molar-refractivity contribution in [1.82, 2.24) is 28.5 Å². The summed E-state index contributed by atoms with van der Waals surface area (Å²) in [5, 5.41) is 14.0. The summed E-state index contributed by atoms with van der Waals surface area (Å²) in [6.07, 6.45) is 0.646. The van der Waals surface area contributed by atoms with E-state index in [9.17, 15) is 19.5 Å². The largest absolute Gasteiger partial charge is 0.472 e. The van der Waals surface area contributed by atoms with Crippen molar-refractivity contribution >= 4 is 73.9 Å². The average molecular weight is 763 g/mol. The highest BCUT2D eigenvalue weighted by Gasteiger charge is 2.32. The van der Waals surface area contributed by atoms with E-state index in [2.05, 4.69) is 45.0 Å². The Labute approximate surface area is 296 Å². The molecule has 3 aromatic rings. The van der Waals surface area contributed by atoms with Crippen LogP contribution < -0.4 is 15.0 Å². The number of carbonyl (C=O) groups excluding carboxylic acids is 3. The fourth-order valence-electron chi connectivity index (χ4n) is 5.28. The number of esters is 1. The molecule has 1 fully saturated rings. The topological polar surface area (TPSA) is 185 Å². The van der Waals surface area contributed by atoms with E-state index >= 15 is 0 Å². The first-order valence-electron chi connectivity index (χ1n) is 15.9. The molecule has 2 atom stereocenters. The summed E-state index contributed by atoms with van der Waals surface area (Å²) in [5.74, 6) is -0.250. The number of carbonyl (C=O) groups is 3. The summed E-state index contributed by atoms with van der Waals surface area (Å²) in [5.41, 5.74) is 1.35. The molecule has 16 nitrogen and oxygen atoms in total. The predicted molar refractivity (Wildman–Crippen MR) is 186 cm³/mol. The standard InChI is InChI=1S/C31H40BrN9O7S/c1-19(29(45)40-12-11-35-30(40)36-21-5-6-22-26(25(21)32)34-10-9-33-22)48-24(44)8-7-23(43)41(31(2,3)4)17-20(42)18-47-28-27(37-49-38-28)39-13-15-46-16-14-39/h5-6,9-10,19-20,42H,7-8,11-18H2,1-4H3,(H,35,36)/t19?,20-/m0/s1. The fourth-order valence-corrected chi connectivity index (χ4v) is 6.34. The molecule has 0 spiro atoms. The highest BCUT2D eigenvalue weighted by molar-refractivity contribution is 9.10. The average Bonchev–Trinajstić information content (AvgIpc) is 3.76. The van der Waals surface area contributed by atoms with E-state index in [1.807, 2.05) is 25.7 Å². The lowest BCUT2D eigenvalue weighted by Gasteiger charge is -2.37. The van der Waals surface area contributed by atoms with Gasteiger partial charge in [0.2, 0.25) is 17.7 Å². The number of ether oxygens (including phenoxy) is 3. The molecule has 2 aromatic heterocycles. The minimum absolute atomic E-state index is 0.0271. The molecule has 0 bridgehead atoms. The summed E-state index contributed by atoms with van der Waals surface area (Å²) in [4.78, 5) is 57.4. The number of rotatable bonds is 12. The van der Waals surface area contributed by atoms with E-state index in [0.717, 1.165) is 11.7 Å². The number of nitrogens with zero attached hydrogens (tertiary/aromatic N) is 8. The van der Waals surface area contributed by atoms with Crippen LogP contribution in [-0.2, 0) is 23.9 Å². The van der Waals surface area contributed by atoms with E-state index in [-0.39, 0.29) is 31.9 Å². The molecular formula is C31H40BrN9O7S. The number of aliphatic imine (C=N–C) groups is 1. The Hall–Kier alpha value is -4.00. The van der Waals surface area contributed by atoms with Crippen molar-refractivity contribution in [2.45, 2.75) is 58.3 Å². The van der Waals surface area contributed by atoms with Crippen molar-refractivity contribution in [1.29, 1.82) is 0 Å². The number of aliphatic hydroxyl groups is 1. The van der Waals surface area contributed by atoms with Gasteiger partial charge in [-0.05, 0) is 55.8 Å². The number of guanidine groups is 1. The third-order valence-electron chi connectivity index (χ3n) is 7.80. The lowest BCUT2D eigenvalue weighted by molar-refractivity contribution is -0.158. The lowest BCUT2D eigenvalue weighted by Crippen LogP contribution is -2.50. The van der Waals surface area contributed by atoms with Crippen LogP contribution in [-0.4, -0.2) is 128 Å². The number of aromatic nitrogens is 4. The SMILES string of the molecule is CC(OC(=O)CCC(=O)N(C[C@H](O)COc1nsnc1N1CCOCC1)C(C)(C)C)C(=O)N1CCN=C1Nc1ccc2nccnc2c1Br. The number of hydrogen-bond acceptors (Lipinski definition) is 15. The van der Waals surface area contributed by atoms with Gasteiger partial charge in [0.25, 0.3) is 11.8 Å². The first-order chi connectivity index (χ1) is 23.4. The van der Waals surface area contributed by atoms with Crippen LogP contribution in [0.2, 0.25) is 0 Å². The molecule has 49 heavy (non-hydrogen) atoms. The summed E-state index contributed by atoms with van der Waals surface area (Å²) in [6.45, 7) is 10.1. The van der Waals surface area contributed by atoms with Crippen LogP contribution in [0.1, 0.15) is 40.5 Å². The van der Waals surface area contributed by atoms with Gasteiger partial charge in [-0.3, -0.25) is 34.2 Å². The van der Waals surface area contributed by atoms with Gasteiger partial charge in [0.1, 0.15) is 18.2 Å². The van der Waals surface area contributed by atoms with E-state index < -0.39 is 29.6 Å². The second kappa shape index (κ2) is 16.1. The van der Waals surface area contributed by atoms with E-state index in [1.165, 1.54) is 16.7 Å². The van der Waals surface area contributed by atoms with E-state index in [0.29, 0.717) is 78.2 Å². The molecule has 1 unspecified atom stereocenters. The van der Waals surface area contributed by atoms with Crippen molar-refractivity contribution in [2.24, 2.45) is 4.99 Å². The number of halogens is 1. The Balaban J connectivity index is 1.10. The van der Waals surface area contributed by atoms with Crippen LogP contribution in [0, 0.1) is 0 Å². The molecule has 1 saturated heterocycles. The Morgan fingerprint density at radius 2 is 1.88 bits per heavy atom. The molecule has 0 saturated carbocycles. The summed E-state index contributed by atoms with van der Waals surface area (Å²) >= 11 is 4.57. The minimum atomic E-state index is -1.11. The number of morpholine rings is 1. The van der Waals surface area contributed by atoms with Gasteiger partial charge in [0, 0.05) is 44.0 Å². The van der Waals surface area contributed by atoms with Crippen molar-refractivity contribution in [2.75, 3.05) is 62.8 Å². The highest BCUT2D eigenvalue weighted by Crippen LogP contribution is 2.30. The molecule has 18 heteroatoms. The second-order valence-electron chi connectivity index (χ2n) is 12.4. The number of anilines is 2. The molecule has 2 amide bonds. The smallest absolute Gasteiger partial charge is 0.307 e. The summed E-state index contributed by atoms with van der Waals surface area (Å²) in [7, 11) is 0. The van der Waals surface area contributed by atoms with Gasteiger partial charge in [-0.25, -0.2) is 0 Å². The molecule has 264 valence electrons. The number of fused-ring (bicyclic) bond motifs is 1. The predicted octanol–water partition coefficient (Wildman–Crippen LogP) is 2.47. The van der Waals surface area contributed by atoms with E-state index in [4.69, 9.17) is 14.2 Å². The number of nitrogens with one attached hydrogen (secondary N) is 1. The van der Waals surface area contributed by atoms with E-state index in [1.54, 1.807) is 24.5 Å². The second-order valence-corrected chi connectivity index (χ2v) is 13.8. The first-order valence-corrected chi connectivity index (χ1v) is 17.4. The van der Waals surface area contributed by atoms with Gasteiger partial charge in [0.15, 0.2) is 6.10 Å². The van der Waals surface area contributed by atoms with Crippen molar-refractivity contribution in [3.63, 3.8) is 0 Å². The number of β-amino-alcohol motifs (C(OH)–C–C–N with tert-alkyl or cyclic N) is 1. The zero-order chi connectivity index (χ0) is 35.1. The first kappa shape index (κ1) is 36.3. The van der Waals surface area contributed by atoms with Gasteiger partial charge in [0.05, 0.1) is 60.1 Å².